The van der Waals surface area contributed by atoms with E-state index in [2.05, 4.69) is 15.9 Å². The summed E-state index contributed by atoms with van der Waals surface area (Å²) in [6.07, 6.45) is 0.834. The van der Waals surface area contributed by atoms with Gasteiger partial charge in [0.25, 0.3) is 0 Å². The van der Waals surface area contributed by atoms with E-state index in [1.54, 1.807) is 25.3 Å². The molecular formula is C20H25N3O4. The van der Waals surface area contributed by atoms with Crippen molar-refractivity contribution in [2.75, 3.05) is 51.3 Å². The van der Waals surface area contributed by atoms with E-state index in [9.17, 15) is 10.1 Å². The van der Waals surface area contributed by atoms with Crippen LogP contribution in [0.2, 0.25) is 0 Å². The number of ether oxygens (including phenoxy) is 2. The molecule has 0 aliphatic carbocycles. The molecule has 7 heteroatoms. The summed E-state index contributed by atoms with van der Waals surface area (Å²) in [5, 5.41) is 11.0. The Morgan fingerprint density at radius 3 is 2.37 bits per heavy atom. The maximum Gasteiger partial charge on any atom is 0.310 e. The van der Waals surface area contributed by atoms with Crippen molar-refractivity contribution in [3.8, 4) is 11.5 Å². The average molecular weight is 371 g/mol. The Labute approximate surface area is 159 Å². The van der Waals surface area contributed by atoms with Gasteiger partial charge in [-0.1, -0.05) is 24.3 Å². The molecule has 2 aromatic carbocycles. The molecule has 1 aliphatic heterocycles. The van der Waals surface area contributed by atoms with Crippen LogP contribution in [-0.2, 0) is 0 Å². The maximum absolute atomic E-state index is 11.0. The zero-order valence-corrected chi connectivity index (χ0v) is 15.5. The Bertz CT molecular complexity index is 760. The van der Waals surface area contributed by atoms with Crippen molar-refractivity contribution in [3.05, 3.63) is 58.6 Å². The SMILES string of the molecule is COc1ccccc1N1CCN(CCCOc2ccccc2[N+](=O)[O-])CC1. The van der Waals surface area contributed by atoms with E-state index >= 15 is 0 Å². The lowest BCUT2D eigenvalue weighted by atomic mass is 10.2. The molecule has 7 nitrogen and oxygen atoms in total. The van der Waals surface area contributed by atoms with Gasteiger partial charge in [0.1, 0.15) is 5.75 Å². The van der Waals surface area contributed by atoms with Gasteiger partial charge in [0.05, 0.1) is 24.3 Å². The second kappa shape index (κ2) is 9.23. The van der Waals surface area contributed by atoms with Crippen molar-refractivity contribution in [1.29, 1.82) is 0 Å². The van der Waals surface area contributed by atoms with Crippen molar-refractivity contribution < 1.29 is 14.4 Å². The largest absolute Gasteiger partial charge is 0.495 e. The molecule has 0 saturated carbocycles. The van der Waals surface area contributed by atoms with Crippen molar-refractivity contribution in [3.63, 3.8) is 0 Å². The summed E-state index contributed by atoms with van der Waals surface area (Å²) < 4.78 is 11.1. The molecule has 0 amide bonds. The molecule has 144 valence electrons. The van der Waals surface area contributed by atoms with Crippen LogP contribution in [0, 0.1) is 10.1 Å². The predicted molar refractivity (Wildman–Crippen MR) is 105 cm³/mol. The van der Waals surface area contributed by atoms with Crippen molar-refractivity contribution >= 4 is 11.4 Å². The number of hydrogen-bond donors (Lipinski definition) is 0. The van der Waals surface area contributed by atoms with Crippen molar-refractivity contribution in [2.24, 2.45) is 0 Å². The molecule has 0 N–H and O–H groups in total. The highest BCUT2D eigenvalue weighted by Gasteiger charge is 2.19. The third kappa shape index (κ3) is 4.89. The van der Waals surface area contributed by atoms with Crippen LogP contribution >= 0.6 is 0 Å². The van der Waals surface area contributed by atoms with Gasteiger partial charge in [0, 0.05) is 38.8 Å². The third-order valence-electron chi connectivity index (χ3n) is 4.74. The molecule has 1 fully saturated rings. The molecule has 1 heterocycles. The fraction of sp³-hybridized carbons (Fsp3) is 0.400. The molecule has 0 atom stereocenters. The summed E-state index contributed by atoms with van der Waals surface area (Å²) in [6.45, 7) is 5.24. The minimum Gasteiger partial charge on any atom is -0.495 e. The van der Waals surface area contributed by atoms with E-state index in [1.807, 2.05) is 18.2 Å². The molecule has 2 aromatic rings. The number of benzene rings is 2. The molecule has 27 heavy (non-hydrogen) atoms. The van der Waals surface area contributed by atoms with E-state index in [4.69, 9.17) is 9.47 Å². The maximum atomic E-state index is 11.0. The number of hydrogen-bond acceptors (Lipinski definition) is 6. The van der Waals surface area contributed by atoms with Gasteiger partial charge in [0.2, 0.25) is 0 Å². The molecule has 0 bridgehead atoms. The fourth-order valence-corrected chi connectivity index (χ4v) is 3.30. The Morgan fingerprint density at radius 1 is 1.00 bits per heavy atom. The zero-order chi connectivity index (χ0) is 19.1. The van der Waals surface area contributed by atoms with E-state index in [1.165, 1.54) is 6.07 Å². The van der Waals surface area contributed by atoms with E-state index < -0.39 is 4.92 Å². The van der Waals surface area contributed by atoms with Crippen LogP contribution in [0.15, 0.2) is 48.5 Å². The van der Waals surface area contributed by atoms with Crippen molar-refractivity contribution in [1.82, 2.24) is 4.90 Å². The Morgan fingerprint density at radius 2 is 1.67 bits per heavy atom. The van der Waals surface area contributed by atoms with E-state index in [-0.39, 0.29) is 5.69 Å². The highest BCUT2D eigenvalue weighted by atomic mass is 16.6. The molecule has 0 unspecified atom stereocenters. The number of para-hydroxylation sites is 4. The van der Waals surface area contributed by atoms with Gasteiger partial charge in [0.15, 0.2) is 5.75 Å². The minimum absolute atomic E-state index is 0.0166. The number of anilines is 1. The lowest BCUT2D eigenvalue weighted by Gasteiger charge is -2.36. The topological polar surface area (TPSA) is 68.1 Å². The smallest absolute Gasteiger partial charge is 0.310 e. The number of rotatable bonds is 8. The zero-order valence-electron chi connectivity index (χ0n) is 15.5. The average Bonchev–Trinajstić information content (AvgIpc) is 2.72. The first-order valence-corrected chi connectivity index (χ1v) is 9.15. The van der Waals surface area contributed by atoms with Gasteiger partial charge in [-0.25, -0.2) is 0 Å². The summed E-state index contributed by atoms with van der Waals surface area (Å²) in [5.74, 6) is 1.24. The van der Waals surface area contributed by atoms with Crippen LogP contribution in [-0.4, -0.2) is 56.3 Å². The summed E-state index contributed by atoms with van der Waals surface area (Å²) in [7, 11) is 1.70. The van der Waals surface area contributed by atoms with E-state index in [0.29, 0.717) is 12.4 Å². The number of nitro groups is 1. The molecule has 0 spiro atoms. The van der Waals surface area contributed by atoms with Crippen molar-refractivity contribution in [2.45, 2.75) is 6.42 Å². The summed E-state index contributed by atoms with van der Waals surface area (Å²) in [5.41, 5.74) is 1.15. The lowest BCUT2D eigenvalue weighted by Crippen LogP contribution is -2.46. The van der Waals surface area contributed by atoms with Gasteiger partial charge >= 0.3 is 5.69 Å². The number of nitro benzene ring substituents is 1. The van der Waals surface area contributed by atoms with Gasteiger partial charge < -0.3 is 14.4 Å². The Balaban J connectivity index is 1.42. The number of piperazine rings is 1. The highest BCUT2D eigenvalue weighted by Crippen LogP contribution is 2.28. The third-order valence-corrected chi connectivity index (χ3v) is 4.74. The monoisotopic (exact) mass is 371 g/mol. The van der Waals surface area contributed by atoms with E-state index in [0.717, 1.165) is 50.6 Å². The van der Waals surface area contributed by atoms with Crippen LogP contribution in [0.4, 0.5) is 11.4 Å². The summed E-state index contributed by atoms with van der Waals surface area (Å²) in [4.78, 5) is 15.3. The molecule has 0 radical (unpaired) electrons. The molecule has 3 rings (SSSR count). The van der Waals surface area contributed by atoms with Crippen LogP contribution in [0.25, 0.3) is 0 Å². The number of methoxy groups -OCH3 is 1. The summed E-state index contributed by atoms with van der Waals surface area (Å²) in [6, 6.07) is 14.6. The first-order chi connectivity index (χ1) is 13.2. The van der Waals surface area contributed by atoms with Gasteiger partial charge in [-0.15, -0.1) is 0 Å². The van der Waals surface area contributed by atoms with Gasteiger partial charge in [-0.3, -0.25) is 15.0 Å². The predicted octanol–water partition coefficient (Wildman–Crippen LogP) is 3.19. The van der Waals surface area contributed by atoms with Crippen LogP contribution in [0.3, 0.4) is 0 Å². The Hall–Kier alpha value is -2.80. The fourth-order valence-electron chi connectivity index (χ4n) is 3.30. The van der Waals surface area contributed by atoms with Crippen LogP contribution in [0.1, 0.15) is 6.42 Å². The van der Waals surface area contributed by atoms with Crippen LogP contribution in [0.5, 0.6) is 11.5 Å². The minimum atomic E-state index is -0.410. The van der Waals surface area contributed by atoms with Gasteiger partial charge in [-0.2, -0.15) is 0 Å². The first-order valence-electron chi connectivity index (χ1n) is 9.15. The molecule has 1 saturated heterocycles. The lowest BCUT2D eigenvalue weighted by molar-refractivity contribution is -0.385. The van der Waals surface area contributed by atoms with Crippen LogP contribution < -0.4 is 14.4 Å². The van der Waals surface area contributed by atoms with Gasteiger partial charge in [-0.05, 0) is 24.6 Å². The molecule has 1 aliphatic rings. The molecule has 0 aromatic heterocycles. The first kappa shape index (κ1) is 19.0. The standard InChI is InChI=1S/C20H25N3O4/c1-26-19-9-4-2-7-17(19)22-14-12-21(13-15-22)11-6-16-27-20-10-5-3-8-18(20)23(24)25/h2-5,7-10H,6,11-16H2,1H3. The Kier molecular flexibility index (Phi) is 6.49. The normalized spacial score (nSPS) is 14.8. The quantitative estimate of drug-likeness (QED) is 0.403. The highest BCUT2D eigenvalue weighted by molar-refractivity contribution is 5.58. The number of nitrogens with zero attached hydrogens (tertiary/aromatic N) is 3. The second-order valence-electron chi connectivity index (χ2n) is 6.43. The second-order valence-corrected chi connectivity index (χ2v) is 6.43. The summed E-state index contributed by atoms with van der Waals surface area (Å²) >= 11 is 0. The molecular weight excluding hydrogens is 346 g/mol.